The summed E-state index contributed by atoms with van der Waals surface area (Å²) in [6.07, 6.45) is 12.1. The molecule has 7 nitrogen and oxygen atoms in total. The van der Waals surface area contributed by atoms with Crippen molar-refractivity contribution in [1.82, 2.24) is 14.9 Å². The Morgan fingerprint density at radius 1 is 1.06 bits per heavy atom. The lowest BCUT2D eigenvalue weighted by atomic mass is 9.71. The fraction of sp³-hybridized carbons (Fsp3) is 0.464. The molecule has 6 rings (SSSR count). The van der Waals surface area contributed by atoms with E-state index in [1.54, 1.807) is 4.90 Å². The van der Waals surface area contributed by atoms with E-state index in [1.165, 1.54) is 5.57 Å². The Balaban J connectivity index is 1.09. The smallest absolute Gasteiger partial charge is 0.414 e. The van der Waals surface area contributed by atoms with Crippen LogP contribution in [0.3, 0.4) is 0 Å². The van der Waals surface area contributed by atoms with Gasteiger partial charge in [0.2, 0.25) is 5.95 Å². The number of fused-ring (bicyclic) bond motifs is 1. The number of benzene rings is 1. The van der Waals surface area contributed by atoms with Crippen molar-refractivity contribution < 1.29 is 9.53 Å². The van der Waals surface area contributed by atoms with Crippen molar-refractivity contribution in [3.05, 3.63) is 80.9 Å². The predicted molar refractivity (Wildman–Crippen MR) is 134 cm³/mol. The highest BCUT2D eigenvalue weighted by atomic mass is 16.6. The molecule has 0 unspecified atom stereocenters. The number of aromatic amines is 1. The second-order valence-corrected chi connectivity index (χ2v) is 10.3. The van der Waals surface area contributed by atoms with E-state index in [2.05, 4.69) is 22.0 Å². The van der Waals surface area contributed by atoms with Gasteiger partial charge < -0.3 is 9.64 Å². The number of aromatic nitrogens is 2. The number of carbonyl (C=O) groups excluding carboxylic acids is 1. The van der Waals surface area contributed by atoms with Gasteiger partial charge >= 0.3 is 6.09 Å². The van der Waals surface area contributed by atoms with Crippen LogP contribution in [0.25, 0.3) is 0 Å². The number of amides is 1. The zero-order valence-electron chi connectivity index (χ0n) is 20.1. The lowest BCUT2D eigenvalue weighted by Crippen LogP contribution is -2.42. The van der Waals surface area contributed by atoms with E-state index in [0.29, 0.717) is 13.2 Å². The first-order chi connectivity index (χ1) is 17.1. The lowest BCUT2D eigenvalue weighted by Gasteiger charge is -2.42. The van der Waals surface area contributed by atoms with Crippen LogP contribution in [0.15, 0.2) is 58.5 Å². The maximum Gasteiger partial charge on any atom is 0.414 e. The normalized spacial score (nSPS) is 20.7. The molecule has 0 radical (unpaired) electrons. The van der Waals surface area contributed by atoms with E-state index in [-0.39, 0.29) is 17.1 Å². The fourth-order valence-corrected chi connectivity index (χ4v) is 6.05. The van der Waals surface area contributed by atoms with E-state index in [4.69, 9.17) is 9.72 Å². The molecule has 1 aromatic carbocycles. The van der Waals surface area contributed by atoms with Gasteiger partial charge in [0, 0.05) is 30.9 Å². The third-order valence-corrected chi connectivity index (χ3v) is 8.11. The third-order valence-electron chi connectivity index (χ3n) is 8.11. The molecule has 1 saturated heterocycles. The summed E-state index contributed by atoms with van der Waals surface area (Å²) in [7, 11) is 0. The topological polar surface area (TPSA) is 78.5 Å². The fourth-order valence-electron chi connectivity index (χ4n) is 6.05. The van der Waals surface area contributed by atoms with Gasteiger partial charge in [-0.15, -0.1) is 0 Å². The van der Waals surface area contributed by atoms with E-state index < -0.39 is 0 Å². The minimum Gasteiger partial charge on any atom is -0.444 e. The molecule has 1 spiro atoms. The average molecular weight is 473 g/mol. The van der Waals surface area contributed by atoms with Crippen molar-refractivity contribution >= 4 is 12.0 Å². The average Bonchev–Trinajstić information content (AvgIpc) is 3.31. The van der Waals surface area contributed by atoms with Crippen molar-refractivity contribution in [1.29, 1.82) is 0 Å². The van der Waals surface area contributed by atoms with E-state index in [0.717, 1.165) is 92.9 Å². The number of hydrogen-bond donors (Lipinski definition) is 1. The maximum absolute atomic E-state index is 12.8. The molecule has 0 atom stereocenters. The van der Waals surface area contributed by atoms with Crippen molar-refractivity contribution in [2.45, 2.75) is 58.0 Å². The van der Waals surface area contributed by atoms with Gasteiger partial charge in [0.25, 0.3) is 5.56 Å². The number of anilines is 1. The summed E-state index contributed by atoms with van der Waals surface area (Å²) in [6.45, 7) is 2.72. The number of rotatable bonds is 3. The van der Waals surface area contributed by atoms with Crippen molar-refractivity contribution in [2.75, 3.05) is 24.5 Å². The number of H-pyrrole nitrogens is 1. The molecule has 2 aliphatic heterocycles. The largest absolute Gasteiger partial charge is 0.444 e. The molecule has 1 fully saturated rings. The molecular weight excluding hydrogens is 440 g/mol. The van der Waals surface area contributed by atoms with Gasteiger partial charge in [-0.1, -0.05) is 36.4 Å². The molecule has 182 valence electrons. The molecule has 1 amide bonds. The van der Waals surface area contributed by atoms with E-state index >= 15 is 0 Å². The van der Waals surface area contributed by atoms with Crippen molar-refractivity contribution in [2.24, 2.45) is 5.41 Å². The Labute approximate surface area is 205 Å². The summed E-state index contributed by atoms with van der Waals surface area (Å²) < 4.78 is 5.59. The highest BCUT2D eigenvalue weighted by molar-refractivity contribution is 5.72. The third kappa shape index (κ3) is 4.28. The Bertz CT molecular complexity index is 1240. The first kappa shape index (κ1) is 22.1. The van der Waals surface area contributed by atoms with E-state index in [1.807, 2.05) is 30.3 Å². The number of allylic oxidation sites excluding steroid dienone is 2. The van der Waals surface area contributed by atoms with Crippen LogP contribution in [0.2, 0.25) is 0 Å². The standard InChI is InChI=1S/C28H32N4O3/c33-25-22-8-4-5-9-23(22)29-26(30-25)31-16-13-28(14-17-31)12-10-24-21(18-28)11-15-32(24)27(34)35-19-20-6-2-1-3-7-20/h1-3,6-7,10,12H,4-5,8-9,11,13-19H2,(H,29,30,33). The maximum atomic E-state index is 12.8. The van der Waals surface area contributed by atoms with Gasteiger partial charge in [-0.05, 0) is 74.0 Å². The first-order valence-corrected chi connectivity index (χ1v) is 12.9. The van der Waals surface area contributed by atoms with Crippen LogP contribution in [0, 0.1) is 5.41 Å². The molecule has 0 saturated carbocycles. The van der Waals surface area contributed by atoms with Gasteiger partial charge in [-0.3, -0.25) is 14.7 Å². The van der Waals surface area contributed by atoms with E-state index in [9.17, 15) is 9.59 Å². The van der Waals surface area contributed by atoms with Crippen LogP contribution < -0.4 is 10.5 Å². The van der Waals surface area contributed by atoms with Crippen LogP contribution in [-0.4, -0.2) is 40.6 Å². The molecule has 0 bridgehead atoms. The summed E-state index contributed by atoms with van der Waals surface area (Å²) in [6, 6.07) is 9.79. The molecule has 7 heteroatoms. The second kappa shape index (κ2) is 9.02. The summed E-state index contributed by atoms with van der Waals surface area (Å²) in [5.74, 6) is 0.735. The summed E-state index contributed by atoms with van der Waals surface area (Å²) >= 11 is 0. The molecule has 2 aliphatic carbocycles. The minimum absolute atomic E-state index is 0.0440. The van der Waals surface area contributed by atoms with Gasteiger partial charge in [0.05, 0.1) is 5.69 Å². The molecular formula is C28H32N4O3. The van der Waals surface area contributed by atoms with Crippen LogP contribution in [0.4, 0.5) is 10.7 Å². The summed E-state index contributed by atoms with van der Waals surface area (Å²) in [5, 5.41) is 0. The number of nitrogens with one attached hydrogen (secondary N) is 1. The Morgan fingerprint density at radius 3 is 2.69 bits per heavy atom. The predicted octanol–water partition coefficient (Wildman–Crippen LogP) is 4.49. The second-order valence-electron chi connectivity index (χ2n) is 10.3. The highest BCUT2D eigenvalue weighted by Gasteiger charge is 2.40. The number of carbonyl (C=O) groups is 1. The molecule has 3 heterocycles. The number of hydrogen-bond acceptors (Lipinski definition) is 5. The Kier molecular flexibility index (Phi) is 5.71. The van der Waals surface area contributed by atoms with Crippen LogP contribution >= 0.6 is 0 Å². The number of aryl methyl sites for hydroxylation is 1. The van der Waals surface area contributed by atoms with Crippen LogP contribution in [-0.2, 0) is 24.2 Å². The van der Waals surface area contributed by atoms with Crippen LogP contribution in [0.5, 0.6) is 0 Å². The quantitative estimate of drug-likeness (QED) is 0.712. The van der Waals surface area contributed by atoms with Crippen molar-refractivity contribution in [3.8, 4) is 0 Å². The number of piperidine rings is 1. The van der Waals surface area contributed by atoms with Crippen molar-refractivity contribution in [3.63, 3.8) is 0 Å². The Hall–Kier alpha value is -3.35. The summed E-state index contributed by atoms with van der Waals surface area (Å²) in [5.41, 5.74) is 5.42. The molecule has 35 heavy (non-hydrogen) atoms. The SMILES string of the molecule is O=C(OCc1ccccc1)N1CCC2=C1C=CC1(CCN(c3nc4c(c(=O)[nH]3)CCCC4)CC1)C2. The number of ether oxygens (including phenoxy) is 1. The Morgan fingerprint density at radius 2 is 1.86 bits per heavy atom. The zero-order valence-corrected chi connectivity index (χ0v) is 20.1. The van der Waals surface area contributed by atoms with Gasteiger partial charge in [-0.2, -0.15) is 0 Å². The van der Waals surface area contributed by atoms with Gasteiger partial charge in [0.15, 0.2) is 0 Å². The first-order valence-electron chi connectivity index (χ1n) is 12.9. The molecule has 2 aromatic rings. The van der Waals surface area contributed by atoms with Gasteiger partial charge in [-0.25, -0.2) is 9.78 Å². The molecule has 1 N–H and O–H groups in total. The molecule has 4 aliphatic rings. The monoisotopic (exact) mass is 472 g/mol. The van der Waals surface area contributed by atoms with Crippen LogP contribution in [0.1, 0.15) is 55.3 Å². The highest BCUT2D eigenvalue weighted by Crippen LogP contribution is 2.46. The molecule has 1 aromatic heterocycles. The lowest BCUT2D eigenvalue weighted by molar-refractivity contribution is 0.111. The zero-order chi connectivity index (χ0) is 23.8. The summed E-state index contributed by atoms with van der Waals surface area (Å²) in [4.78, 5) is 37.3. The minimum atomic E-state index is -0.267. The van der Waals surface area contributed by atoms with Gasteiger partial charge in [0.1, 0.15) is 6.61 Å². The number of nitrogens with zero attached hydrogens (tertiary/aromatic N) is 3.